The summed E-state index contributed by atoms with van der Waals surface area (Å²) in [5, 5.41) is -0.543. The molecule has 1 rings (SSSR count). The van der Waals surface area contributed by atoms with Crippen LogP contribution in [0.3, 0.4) is 0 Å². The minimum atomic E-state index is -3.00. The van der Waals surface area contributed by atoms with E-state index >= 15 is 0 Å². The molecule has 0 spiro atoms. The van der Waals surface area contributed by atoms with Crippen molar-refractivity contribution < 1.29 is 13.6 Å². The highest BCUT2D eigenvalue weighted by Gasteiger charge is 2.62. The van der Waals surface area contributed by atoms with Crippen molar-refractivity contribution >= 4 is 48.7 Å². The lowest BCUT2D eigenvalue weighted by molar-refractivity contribution is -0.116. The fourth-order valence-electron chi connectivity index (χ4n) is 1.28. The van der Waals surface area contributed by atoms with Gasteiger partial charge in [-0.1, -0.05) is 22.9 Å². The molecule has 13 heavy (non-hydrogen) atoms. The Morgan fingerprint density at radius 1 is 1.77 bits per heavy atom. The molecule has 0 radical (unpaired) electrons. The Balaban J connectivity index is 2.66. The number of halogens is 5. The minimum Gasteiger partial charge on any atom is -0.281 e. The highest BCUT2D eigenvalue weighted by atomic mass is 79.9. The van der Waals surface area contributed by atoms with Gasteiger partial charge in [0.25, 0.3) is 0 Å². The van der Waals surface area contributed by atoms with Crippen LogP contribution in [0, 0.1) is 11.3 Å². The molecule has 1 aliphatic rings. The lowest BCUT2D eigenvalue weighted by Crippen LogP contribution is -2.26. The summed E-state index contributed by atoms with van der Waals surface area (Å²) in [6.07, 6.45) is 0.409. The van der Waals surface area contributed by atoms with Crippen molar-refractivity contribution in [1.29, 1.82) is 0 Å². The third-order valence-corrected chi connectivity index (χ3v) is 5.17. The molecule has 0 aliphatic heterocycles. The summed E-state index contributed by atoms with van der Waals surface area (Å²) < 4.78 is 25.5. The number of hydrogen-bond acceptors (Lipinski definition) is 1. The molecule has 6 heteroatoms. The smallest absolute Gasteiger partial charge is 0.281 e. The number of rotatable bonds is 3. The van der Waals surface area contributed by atoms with Crippen molar-refractivity contribution in [2.24, 2.45) is 11.3 Å². The van der Waals surface area contributed by atoms with E-state index in [1.807, 2.05) is 0 Å². The SMILES string of the molecule is CC1(C(=O)Cl)CC1C(Br)C(F)(F)Br. The van der Waals surface area contributed by atoms with Gasteiger partial charge in [-0.3, -0.25) is 4.79 Å². The lowest BCUT2D eigenvalue weighted by atomic mass is 10.1. The summed E-state index contributed by atoms with van der Waals surface area (Å²) in [5.74, 6) is -0.396. The highest BCUT2D eigenvalue weighted by Crippen LogP contribution is 2.60. The molecule has 0 amide bonds. The average molecular weight is 340 g/mol. The highest BCUT2D eigenvalue weighted by molar-refractivity contribution is 9.12. The summed E-state index contributed by atoms with van der Waals surface area (Å²) >= 11 is 10.4. The van der Waals surface area contributed by atoms with Crippen molar-refractivity contribution in [1.82, 2.24) is 0 Å². The molecule has 1 aliphatic carbocycles. The van der Waals surface area contributed by atoms with E-state index in [1.165, 1.54) is 0 Å². The van der Waals surface area contributed by atoms with Gasteiger partial charge in [0.15, 0.2) is 0 Å². The molecule has 1 nitrogen and oxygen atoms in total. The molecule has 0 saturated heterocycles. The summed E-state index contributed by atoms with van der Waals surface area (Å²) in [4.78, 5) is 6.81. The van der Waals surface area contributed by atoms with Crippen molar-refractivity contribution in [2.45, 2.75) is 23.0 Å². The van der Waals surface area contributed by atoms with Crippen LogP contribution < -0.4 is 0 Å². The predicted molar refractivity (Wildman–Crippen MR) is 53.7 cm³/mol. The van der Waals surface area contributed by atoms with Gasteiger partial charge in [-0.15, -0.1) is 0 Å². The first-order chi connectivity index (χ1) is 5.69. The van der Waals surface area contributed by atoms with Crippen molar-refractivity contribution in [3.63, 3.8) is 0 Å². The van der Waals surface area contributed by atoms with Gasteiger partial charge in [-0.05, 0) is 39.9 Å². The van der Waals surface area contributed by atoms with Gasteiger partial charge in [0.2, 0.25) is 5.24 Å². The molecule has 3 unspecified atom stereocenters. The third kappa shape index (κ3) is 2.23. The van der Waals surface area contributed by atoms with Gasteiger partial charge >= 0.3 is 4.83 Å². The monoisotopic (exact) mass is 338 g/mol. The molecule has 0 aromatic rings. The molecule has 0 heterocycles. The van der Waals surface area contributed by atoms with Crippen LogP contribution in [0.5, 0.6) is 0 Å². The molecule has 76 valence electrons. The van der Waals surface area contributed by atoms with E-state index in [0.29, 0.717) is 6.42 Å². The molecule has 0 N–H and O–H groups in total. The number of carbonyl (C=O) groups excluding carboxylic acids is 1. The van der Waals surface area contributed by atoms with Crippen LogP contribution in [0.4, 0.5) is 8.78 Å². The fraction of sp³-hybridized carbons (Fsp3) is 0.857. The van der Waals surface area contributed by atoms with Gasteiger partial charge in [-0.25, -0.2) is 0 Å². The zero-order valence-electron chi connectivity index (χ0n) is 6.66. The zero-order valence-corrected chi connectivity index (χ0v) is 10.6. The second-order valence-corrected chi connectivity index (χ2v) is 5.83. The van der Waals surface area contributed by atoms with Crippen LogP contribution in [0.2, 0.25) is 0 Å². The first-order valence-corrected chi connectivity index (χ1v) is 5.69. The molecular formula is C7H7Br2ClF2O. The van der Waals surface area contributed by atoms with Gasteiger partial charge in [0.05, 0.1) is 4.83 Å². The molecule has 1 saturated carbocycles. The Morgan fingerprint density at radius 2 is 2.23 bits per heavy atom. The molecule has 0 aromatic heterocycles. The van der Waals surface area contributed by atoms with E-state index in [9.17, 15) is 13.6 Å². The van der Waals surface area contributed by atoms with Gasteiger partial charge < -0.3 is 0 Å². The summed E-state index contributed by atoms with van der Waals surface area (Å²) in [7, 11) is 0. The maximum atomic E-state index is 12.7. The lowest BCUT2D eigenvalue weighted by Gasteiger charge is -2.17. The number of alkyl halides is 4. The number of hydrogen-bond donors (Lipinski definition) is 0. The van der Waals surface area contributed by atoms with E-state index in [-0.39, 0.29) is 0 Å². The zero-order chi connectivity index (χ0) is 10.4. The van der Waals surface area contributed by atoms with Crippen LogP contribution in [0.15, 0.2) is 0 Å². The van der Waals surface area contributed by atoms with E-state index < -0.39 is 26.2 Å². The van der Waals surface area contributed by atoms with Crippen LogP contribution in [-0.4, -0.2) is 14.9 Å². The van der Waals surface area contributed by atoms with Crippen molar-refractivity contribution in [3.8, 4) is 0 Å². The summed E-state index contributed by atoms with van der Waals surface area (Å²) in [5.41, 5.74) is -0.785. The average Bonchev–Trinajstić information content (AvgIpc) is 2.60. The first-order valence-electron chi connectivity index (χ1n) is 3.60. The maximum Gasteiger partial charge on any atom is 0.313 e. The Hall–Kier alpha value is 0.780. The molecule has 3 atom stereocenters. The van der Waals surface area contributed by atoms with Crippen molar-refractivity contribution in [2.75, 3.05) is 0 Å². The van der Waals surface area contributed by atoms with E-state index in [1.54, 1.807) is 6.92 Å². The largest absolute Gasteiger partial charge is 0.313 e. The predicted octanol–water partition coefficient (Wildman–Crippen LogP) is 3.53. The molecular weight excluding hydrogens is 333 g/mol. The van der Waals surface area contributed by atoms with Crippen LogP contribution >= 0.6 is 43.5 Å². The Bertz CT molecular complexity index is 243. The Morgan fingerprint density at radius 3 is 2.46 bits per heavy atom. The Labute approximate surface area is 96.5 Å². The van der Waals surface area contributed by atoms with E-state index in [0.717, 1.165) is 0 Å². The number of carbonyl (C=O) groups is 1. The van der Waals surface area contributed by atoms with Gasteiger partial charge in [-0.2, -0.15) is 8.78 Å². The van der Waals surface area contributed by atoms with Crippen LogP contribution in [0.25, 0.3) is 0 Å². The normalized spacial score (nSPS) is 35.7. The van der Waals surface area contributed by atoms with Crippen molar-refractivity contribution in [3.05, 3.63) is 0 Å². The molecule has 0 bridgehead atoms. The fourth-order valence-corrected chi connectivity index (χ4v) is 2.59. The van der Waals surface area contributed by atoms with Crippen LogP contribution in [0.1, 0.15) is 13.3 Å². The van der Waals surface area contributed by atoms with Gasteiger partial charge in [0, 0.05) is 5.41 Å². The van der Waals surface area contributed by atoms with E-state index in [2.05, 4.69) is 31.9 Å². The third-order valence-electron chi connectivity index (χ3n) is 2.42. The molecule has 0 aromatic carbocycles. The van der Waals surface area contributed by atoms with Crippen LogP contribution in [-0.2, 0) is 4.79 Å². The van der Waals surface area contributed by atoms with E-state index in [4.69, 9.17) is 11.6 Å². The topological polar surface area (TPSA) is 17.1 Å². The first kappa shape index (κ1) is 11.9. The quantitative estimate of drug-likeness (QED) is 0.567. The Kier molecular flexibility index (Phi) is 3.12. The summed E-state index contributed by atoms with van der Waals surface area (Å²) in [6.45, 7) is 1.60. The maximum absolute atomic E-state index is 12.7. The minimum absolute atomic E-state index is 0.396. The second-order valence-electron chi connectivity index (χ2n) is 3.45. The standard InChI is InChI=1S/C7H7Br2ClF2O/c1-6(5(10)13)2-3(6)4(8)7(9,11)12/h3-4H,2H2,1H3. The second kappa shape index (κ2) is 3.42. The molecule has 1 fully saturated rings. The van der Waals surface area contributed by atoms with Gasteiger partial charge in [0.1, 0.15) is 0 Å². The summed E-state index contributed by atoms with van der Waals surface area (Å²) in [6, 6.07) is 0.